The Kier molecular flexibility index (Phi) is 2.34. The minimum Gasteiger partial charge on any atom is -0.384 e. The van der Waals surface area contributed by atoms with Gasteiger partial charge in [0.05, 0.1) is 0 Å². The van der Waals surface area contributed by atoms with Crippen LogP contribution in [-0.2, 0) is 0 Å². The van der Waals surface area contributed by atoms with Gasteiger partial charge in [0.1, 0.15) is 0 Å². The molecule has 0 radical (unpaired) electrons. The molecule has 2 heterocycles. The molecule has 2 nitrogen and oxygen atoms in total. The summed E-state index contributed by atoms with van der Waals surface area (Å²) < 4.78 is 0. The lowest BCUT2D eigenvalue weighted by molar-refractivity contribution is 0.312. The minimum absolute atomic E-state index is 0.192. The molecule has 14 heavy (non-hydrogen) atoms. The van der Waals surface area contributed by atoms with Gasteiger partial charge < -0.3 is 10.2 Å². The Labute approximate surface area is 87.4 Å². The van der Waals surface area contributed by atoms with Crippen molar-refractivity contribution in [3.63, 3.8) is 0 Å². The molecule has 80 valence electrons. The van der Waals surface area contributed by atoms with Gasteiger partial charge in [0.2, 0.25) is 0 Å². The molecule has 0 amide bonds. The van der Waals surface area contributed by atoms with E-state index in [-0.39, 0.29) is 5.41 Å². The third-order valence-corrected chi connectivity index (χ3v) is 3.60. The molecule has 3 atom stereocenters. The maximum atomic E-state index is 4.14. The molecule has 2 fully saturated rings. The Morgan fingerprint density at radius 1 is 1.36 bits per heavy atom. The van der Waals surface area contributed by atoms with Crippen molar-refractivity contribution in [1.82, 2.24) is 10.2 Å². The van der Waals surface area contributed by atoms with Crippen LogP contribution in [0.15, 0.2) is 12.3 Å². The molecule has 2 aliphatic rings. The lowest BCUT2D eigenvalue weighted by atomic mass is 9.91. The van der Waals surface area contributed by atoms with Gasteiger partial charge in [0.15, 0.2) is 0 Å². The Bertz CT molecular complexity index is 239. The predicted molar refractivity (Wildman–Crippen MR) is 60.1 cm³/mol. The van der Waals surface area contributed by atoms with Gasteiger partial charge in [-0.15, -0.1) is 0 Å². The standard InChI is InChI=1S/C12H22N2/c1-9(12(2,3)4)13-11-8-14-6-5-10(11)7-14/h10-11,13H,1,5-8H2,2-4H3/t10-,11+/m1/s1. The van der Waals surface area contributed by atoms with E-state index in [0.29, 0.717) is 6.04 Å². The van der Waals surface area contributed by atoms with Crippen LogP contribution < -0.4 is 5.32 Å². The van der Waals surface area contributed by atoms with Crippen LogP contribution in [0.4, 0.5) is 0 Å². The fourth-order valence-corrected chi connectivity index (χ4v) is 2.39. The van der Waals surface area contributed by atoms with E-state index in [1.54, 1.807) is 0 Å². The van der Waals surface area contributed by atoms with Gasteiger partial charge >= 0.3 is 0 Å². The molecule has 1 N–H and O–H groups in total. The second-order valence-electron chi connectivity index (χ2n) is 5.79. The van der Waals surface area contributed by atoms with Crippen molar-refractivity contribution >= 4 is 0 Å². The maximum absolute atomic E-state index is 4.14. The molecule has 2 bridgehead atoms. The first-order valence-corrected chi connectivity index (χ1v) is 5.65. The first-order chi connectivity index (χ1) is 6.47. The number of hydrogen-bond donors (Lipinski definition) is 1. The molecule has 0 aromatic heterocycles. The van der Waals surface area contributed by atoms with Crippen LogP contribution in [0, 0.1) is 11.3 Å². The van der Waals surface area contributed by atoms with Gasteiger partial charge in [-0.1, -0.05) is 27.4 Å². The van der Waals surface area contributed by atoms with Crippen LogP contribution in [0.25, 0.3) is 0 Å². The molecule has 0 spiro atoms. The molecule has 0 aromatic carbocycles. The topological polar surface area (TPSA) is 15.3 Å². The second-order valence-corrected chi connectivity index (χ2v) is 5.79. The fourth-order valence-electron chi connectivity index (χ4n) is 2.39. The van der Waals surface area contributed by atoms with Crippen molar-refractivity contribution in [3.05, 3.63) is 12.3 Å². The van der Waals surface area contributed by atoms with Crippen LogP contribution in [0.1, 0.15) is 27.2 Å². The van der Waals surface area contributed by atoms with Crippen molar-refractivity contribution < 1.29 is 0 Å². The van der Waals surface area contributed by atoms with E-state index in [1.807, 2.05) is 0 Å². The number of rotatable bonds is 2. The van der Waals surface area contributed by atoms with Gasteiger partial charge in [-0.3, -0.25) is 0 Å². The van der Waals surface area contributed by atoms with Gasteiger partial charge in [-0.25, -0.2) is 0 Å². The highest BCUT2D eigenvalue weighted by Crippen LogP contribution is 2.30. The molecular formula is C12H22N2. The van der Waals surface area contributed by atoms with Crippen molar-refractivity contribution in [2.45, 2.75) is 33.2 Å². The summed E-state index contributed by atoms with van der Waals surface area (Å²) in [5, 5.41) is 3.61. The summed E-state index contributed by atoms with van der Waals surface area (Å²) in [6.07, 6.45) is 1.37. The van der Waals surface area contributed by atoms with Crippen LogP contribution in [-0.4, -0.2) is 30.6 Å². The maximum Gasteiger partial charge on any atom is 0.0426 e. The first kappa shape index (κ1) is 10.0. The number of nitrogens with zero attached hydrogens (tertiary/aromatic N) is 1. The van der Waals surface area contributed by atoms with Crippen LogP contribution in [0.5, 0.6) is 0 Å². The molecule has 0 aliphatic carbocycles. The highest BCUT2D eigenvalue weighted by Gasteiger charge is 2.38. The summed E-state index contributed by atoms with van der Waals surface area (Å²) in [4.78, 5) is 2.55. The minimum atomic E-state index is 0.192. The quantitative estimate of drug-likeness (QED) is 0.721. The Hall–Kier alpha value is -0.500. The van der Waals surface area contributed by atoms with E-state index in [0.717, 1.165) is 5.92 Å². The molecule has 2 aliphatic heterocycles. The monoisotopic (exact) mass is 194 g/mol. The van der Waals surface area contributed by atoms with Gasteiger partial charge in [0, 0.05) is 30.2 Å². The zero-order valence-corrected chi connectivity index (χ0v) is 9.64. The zero-order chi connectivity index (χ0) is 10.3. The number of fused-ring (bicyclic) bond motifs is 2. The van der Waals surface area contributed by atoms with Crippen LogP contribution >= 0.6 is 0 Å². The third-order valence-electron chi connectivity index (χ3n) is 3.60. The number of hydrogen-bond acceptors (Lipinski definition) is 2. The normalized spacial score (nSPS) is 36.1. The largest absolute Gasteiger partial charge is 0.384 e. The number of nitrogens with one attached hydrogen (secondary N) is 1. The number of piperidine rings is 1. The van der Waals surface area contributed by atoms with E-state index in [4.69, 9.17) is 0 Å². The average Bonchev–Trinajstić information content (AvgIpc) is 2.62. The van der Waals surface area contributed by atoms with Crippen molar-refractivity contribution in [3.8, 4) is 0 Å². The van der Waals surface area contributed by atoms with E-state index >= 15 is 0 Å². The first-order valence-electron chi connectivity index (χ1n) is 5.65. The Balaban J connectivity index is 1.90. The second kappa shape index (κ2) is 3.27. The molecule has 2 saturated heterocycles. The fraction of sp³-hybridized carbons (Fsp3) is 0.833. The van der Waals surface area contributed by atoms with E-state index < -0.39 is 0 Å². The molecule has 0 aromatic rings. The summed E-state index contributed by atoms with van der Waals surface area (Å²) in [6, 6.07) is 0.662. The van der Waals surface area contributed by atoms with Crippen molar-refractivity contribution in [2.75, 3.05) is 19.6 Å². The summed E-state index contributed by atoms with van der Waals surface area (Å²) >= 11 is 0. The average molecular weight is 194 g/mol. The third kappa shape index (κ3) is 1.81. The lowest BCUT2D eigenvalue weighted by Gasteiger charge is -2.30. The summed E-state index contributed by atoms with van der Waals surface area (Å²) in [5.41, 5.74) is 1.38. The summed E-state index contributed by atoms with van der Waals surface area (Å²) in [5.74, 6) is 0.870. The predicted octanol–water partition coefficient (Wildman–Crippen LogP) is 1.84. The van der Waals surface area contributed by atoms with Gasteiger partial charge in [-0.2, -0.15) is 0 Å². The molecular weight excluding hydrogens is 172 g/mol. The highest BCUT2D eigenvalue weighted by atomic mass is 15.2. The van der Waals surface area contributed by atoms with E-state index in [2.05, 4.69) is 37.6 Å². The summed E-state index contributed by atoms with van der Waals surface area (Å²) in [7, 11) is 0. The van der Waals surface area contributed by atoms with E-state index in [1.165, 1.54) is 31.8 Å². The van der Waals surface area contributed by atoms with Crippen molar-refractivity contribution in [1.29, 1.82) is 0 Å². The van der Waals surface area contributed by atoms with Gasteiger partial charge in [0.25, 0.3) is 0 Å². The zero-order valence-electron chi connectivity index (χ0n) is 9.64. The van der Waals surface area contributed by atoms with Gasteiger partial charge in [-0.05, 0) is 18.9 Å². The number of allylic oxidation sites excluding steroid dienone is 1. The Morgan fingerprint density at radius 3 is 2.50 bits per heavy atom. The van der Waals surface area contributed by atoms with Crippen LogP contribution in [0.3, 0.4) is 0 Å². The molecule has 2 heteroatoms. The molecule has 2 rings (SSSR count). The van der Waals surface area contributed by atoms with E-state index in [9.17, 15) is 0 Å². The summed E-state index contributed by atoms with van der Waals surface area (Å²) in [6.45, 7) is 14.6. The molecule has 1 unspecified atom stereocenters. The lowest BCUT2D eigenvalue weighted by Crippen LogP contribution is -2.41. The van der Waals surface area contributed by atoms with Crippen LogP contribution in [0.2, 0.25) is 0 Å². The molecule has 0 saturated carbocycles. The smallest absolute Gasteiger partial charge is 0.0426 e. The highest BCUT2D eigenvalue weighted by molar-refractivity contribution is 5.08. The SMILES string of the molecule is C=C(N[C@H]1CN2CC[C@@H]1C2)C(C)(C)C. The van der Waals surface area contributed by atoms with Crippen molar-refractivity contribution in [2.24, 2.45) is 11.3 Å². The Morgan fingerprint density at radius 2 is 2.07 bits per heavy atom.